The Morgan fingerprint density at radius 3 is 2.77 bits per heavy atom. The van der Waals surface area contributed by atoms with Crippen molar-refractivity contribution in [1.29, 1.82) is 0 Å². The van der Waals surface area contributed by atoms with Crippen molar-refractivity contribution in [3.05, 3.63) is 29.8 Å². The van der Waals surface area contributed by atoms with E-state index in [0.29, 0.717) is 5.92 Å². The molecule has 0 saturated heterocycles. The lowest BCUT2D eigenvalue weighted by molar-refractivity contribution is 0.519. The zero-order valence-corrected chi connectivity index (χ0v) is 8.26. The standard InChI is InChI=1S/C11H16FN/c1-3-4-9(2)7-10-5-6-11(12)13-8-10/h5-6,8-9H,3-4,7H2,1-2H3. The third-order valence-corrected chi connectivity index (χ3v) is 2.15. The molecule has 1 aromatic heterocycles. The fourth-order valence-corrected chi connectivity index (χ4v) is 1.52. The van der Waals surface area contributed by atoms with E-state index in [0.717, 1.165) is 12.0 Å². The minimum Gasteiger partial charge on any atom is -0.228 e. The molecule has 1 aromatic rings. The summed E-state index contributed by atoms with van der Waals surface area (Å²) in [7, 11) is 0. The van der Waals surface area contributed by atoms with Gasteiger partial charge in [0.15, 0.2) is 0 Å². The van der Waals surface area contributed by atoms with Gasteiger partial charge >= 0.3 is 0 Å². The Hall–Kier alpha value is -0.920. The Morgan fingerprint density at radius 2 is 2.23 bits per heavy atom. The molecular formula is C11H16FN. The molecule has 0 fully saturated rings. The van der Waals surface area contributed by atoms with E-state index in [1.807, 2.05) is 6.07 Å². The largest absolute Gasteiger partial charge is 0.228 e. The summed E-state index contributed by atoms with van der Waals surface area (Å²) >= 11 is 0. The molecule has 0 amide bonds. The molecule has 13 heavy (non-hydrogen) atoms. The Morgan fingerprint density at radius 1 is 1.46 bits per heavy atom. The molecule has 0 radical (unpaired) electrons. The fraction of sp³-hybridized carbons (Fsp3) is 0.545. The van der Waals surface area contributed by atoms with E-state index in [2.05, 4.69) is 18.8 Å². The van der Waals surface area contributed by atoms with Crippen LogP contribution in [-0.2, 0) is 6.42 Å². The number of aromatic nitrogens is 1. The summed E-state index contributed by atoms with van der Waals surface area (Å²) in [4.78, 5) is 3.63. The van der Waals surface area contributed by atoms with Gasteiger partial charge in [-0.1, -0.05) is 32.8 Å². The maximum Gasteiger partial charge on any atom is 0.212 e. The second kappa shape index (κ2) is 4.95. The predicted molar refractivity (Wildman–Crippen MR) is 52.0 cm³/mol. The number of halogens is 1. The molecule has 0 bridgehead atoms. The number of rotatable bonds is 4. The van der Waals surface area contributed by atoms with Crippen molar-refractivity contribution in [2.24, 2.45) is 5.92 Å². The first-order valence-electron chi connectivity index (χ1n) is 4.82. The fourth-order valence-electron chi connectivity index (χ4n) is 1.52. The van der Waals surface area contributed by atoms with Crippen LogP contribution in [0.15, 0.2) is 18.3 Å². The van der Waals surface area contributed by atoms with Gasteiger partial charge in [0.25, 0.3) is 0 Å². The maximum absolute atomic E-state index is 12.5. The molecule has 0 aliphatic carbocycles. The number of pyridine rings is 1. The van der Waals surface area contributed by atoms with Gasteiger partial charge in [-0.3, -0.25) is 0 Å². The number of nitrogens with zero attached hydrogens (tertiary/aromatic N) is 1. The highest BCUT2D eigenvalue weighted by Gasteiger charge is 2.02. The molecule has 0 aliphatic rings. The monoisotopic (exact) mass is 181 g/mol. The highest BCUT2D eigenvalue weighted by Crippen LogP contribution is 2.12. The van der Waals surface area contributed by atoms with E-state index < -0.39 is 5.95 Å². The van der Waals surface area contributed by atoms with Crippen molar-refractivity contribution in [3.8, 4) is 0 Å². The van der Waals surface area contributed by atoms with Crippen LogP contribution in [0.3, 0.4) is 0 Å². The average molecular weight is 181 g/mol. The summed E-state index contributed by atoms with van der Waals surface area (Å²) in [6.45, 7) is 4.40. The molecule has 0 aliphatic heterocycles. The van der Waals surface area contributed by atoms with Crippen LogP contribution in [0.5, 0.6) is 0 Å². The summed E-state index contributed by atoms with van der Waals surface area (Å²) in [5, 5.41) is 0. The molecule has 0 N–H and O–H groups in total. The van der Waals surface area contributed by atoms with Crippen molar-refractivity contribution in [1.82, 2.24) is 4.98 Å². The minimum absolute atomic E-state index is 0.396. The number of hydrogen-bond donors (Lipinski definition) is 0. The molecule has 1 atom stereocenters. The van der Waals surface area contributed by atoms with Crippen LogP contribution in [0.2, 0.25) is 0 Å². The molecule has 72 valence electrons. The van der Waals surface area contributed by atoms with Crippen molar-refractivity contribution in [2.75, 3.05) is 0 Å². The highest BCUT2D eigenvalue weighted by atomic mass is 19.1. The zero-order valence-electron chi connectivity index (χ0n) is 8.26. The van der Waals surface area contributed by atoms with Gasteiger partial charge < -0.3 is 0 Å². The lowest BCUT2D eigenvalue weighted by Crippen LogP contribution is -1.99. The van der Waals surface area contributed by atoms with Gasteiger partial charge in [-0.25, -0.2) is 4.98 Å². The van der Waals surface area contributed by atoms with Crippen LogP contribution in [0.25, 0.3) is 0 Å². The molecule has 1 rings (SSSR count). The number of hydrogen-bond acceptors (Lipinski definition) is 1. The van der Waals surface area contributed by atoms with Crippen LogP contribution in [-0.4, -0.2) is 4.98 Å². The predicted octanol–water partition coefficient (Wildman–Crippen LogP) is 3.20. The first-order chi connectivity index (χ1) is 6.22. The summed E-state index contributed by atoms with van der Waals surface area (Å²) < 4.78 is 12.5. The van der Waals surface area contributed by atoms with E-state index in [-0.39, 0.29) is 0 Å². The second-order valence-corrected chi connectivity index (χ2v) is 3.59. The van der Waals surface area contributed by atoms with E-state index >= 15 is 0 Å². The van der Waals surface area contributed by atoms with E-state index in [4.69, 9.17) is 0 Å². The molecule has 2 heteroatoms. The average Bonchev–Trinajstić information content (AvgIpc) is 2.09. The van der Waals surface area contributed by atoms with E-state index in [9.17, 15) is 4.39 Å². The molecule has 0 spiro atoms. The summed E-state index contributed by atoms with van der Waals surface area (Å²) in [6, 6.07) is 3.24. The van der Waals surface area contributed by atoms with E-state index in [1.165, 1.54) is 18.9 Å². The minimum atomic E-state index is -0.396. The Bertz CT molecular complexity index is 243. The SMILES string of the molecule is CCCC(C)Cc1ccc(F)nc1. The van der Waals surface area contributed by atoms with Gasteiger partial charge in [-0.15, -0.1) is 0 Å². The summed E-state index contributed by atoms with van der Waals surface area (Å²) in [5.41, 5.74) is 1.13. The van der Waals surface area contributed by atoms with Crippen LogP contribution in [0, 0.1) is 11.9 Å². The molecule has 1 unspecified atom stereocenters. The van der Waals surface area contributed by atoms with Crippen LogP contribution >= 0.6 is 0 Å². The van der Waals surface area contributed by atoms with Crippen molar-refractivity contribution in [3.63, 3.8) is 0 Å². The lowest BCUT2D eigenvalue weighted by Gasteiger charge is -2.08. The quantitative estimate of drug-likeness (QED) is 0.650. The smallest absolute Gasteiger partial charge is 0.212 e. The normalized spacial score (nSPS) is 12.8. The molecule has 0 saturated carbocycles. The first-order valence-corrected chi connectivity index (χ1v) is 4.82. The molecular weight excluding hydrogens is 165 g/mol. The van der Waals surface area contributed by atoms with Gasteiger partial charge in [-0.2, -0.15) is 4.39 Å². The molecule has 0 aromatic carbocycles. The Labute approximate surface area is 79.0 Å². The van der Waals surface area contributed by atoms with Gasteiger partial charge in [0, 0.05) is 6.20 Å². The zero-order chi connectivity index (χ0) is 9.68. The van der Waals surface area contributed by atoms with Gasteiger partial charge in [0.05, 0.1) is 0 Å². The third-order valence-electron chi connectivity index (χ3n) is 2.15. The second-order valence-electron chi connectivity index (χ2n) is 3.59. The van der Waals surface area contributed by atoms with Crippen LogP contribution in [0.4, 0.5) is 4.39 Å². The summed E-state index contributed by atoms with van der Waals surface area (Å²) in [6.07, 6.45) is 5.05. The summed E-state index contributed by atoms with van der Waals surface area (Å²) in [5.74, 6) is 0.268. The Balaban J connectivity index is 2.49. The van der Waals surface area contributed by atoms with Crippen LogP contribution < -0.4 is 0 Å². The third kappa shape index (κ3) is 3.53. The molecule has 1 heterocycles. The van der Waals surface area contributed by atoms with Crippen molar-refractivity contribution < 1.29 is 4.39 Å². The lowest BCUT2D eigenvalue weighted by atomic mass is 9.98. The van der Waals surface area contributed by atoms with Crippen molar-refractivity contribution in [2.45, 2.75) is 33.1 Å². The first kappa shape index (κ1) is 10.2. The van der Waals surface area contributed by atoms with Crippen LogP contribution in [0.1, 0.15) is 32.3 Å². The van der Waals surface area contributed by atoms with Crippen molar-refractivity contribution >= 4 is 0 Å². The Kier molecular flexibility index (Phi) is 3.87. The molecule has 1 nitrogen and oxygen atoms in total. The van der Waals surface area contributed by atoms with Gasteiger partial charge in [0.2, 0.25) is 5.95 Å². The highest BCUT2D eigenvalue weighted by molar-refractivity contribution is 5.09. The van der Waals surface area contributed by atoms with Gasteiger partial charge in [-0.05, 0) is 24.0 Å². The maximum atomic E-state index is 12.5. The van der Waals surface area contributed by atoms with Gasteiger partial charge in [0.1, 0.15) is 0 Å². The van der Waals surface area contributed by atoms with E-state index in [1.54, 1.807) is 6.20 Å². The topological polar surface area (TPSA) is 12.9 Å².